The van der Waals surface area contributed by atoms with Gasteiger partial charge in [-0.25, -0.2) is 0 Å². The SMILES string of the molecule is CONCc1ccc(OC2CCCC2)c(OC)c1. The van der Waals surface area contributed by atoms with Crippen LogP contribution >= 0.6 is 0 Å². The lowest BCUT2D eigenvalue weighted by molar-refractivity contribution is 0.0866. The number of hydroxylamine groups is 1. The maximum atomic E-state index is 5.98. The smallest absolute Gasteiger partial charge is 0.161 e. The summed E-state index contributed by atoms with van der Waals surface area (Å²) in [5.41, 5.74) is 3.92. The Morgan fingerprint density at radius 3 is 2.61 bits per heavy atom. The van der Waals surface area contributed by atoms with Gasteiger partial charge in [0.15, 0.2) is 11.5 Å². The van der Waals surface area contributed by atoms with Gasteiger partial charge in [-0.3, -0.25) is 0 Å². The Kier molecular flexibility index (Phi) is 4.84. The van der Waals surface area contributed by atoms with E-state index in [0.717, 1.165) is 29.9 Å². The molecule has 0 spiro atoms. The fourth-order valence-corrected chi connectivity index (χ4v) is 2.26. The third-order valence-corrected chi connectivity index (χ3v) is 3.24. The van der Waals surface area contributed by atoms with Crippen LogP contribution in [0, 0.1) is 0 Å². The van der Waals surface area contributed by atoms with Gasteiger partial charge in [-0.2, -0.15) is 5.48 Å². The molecule has 0 atom stereocenters. The average Bonchev–Trinajstić information content (AvgIpc) is 2.90. The molecule has 1 aliphatic carbocycles. The summed E-state index contributed by atoms with van der Waals surface area (Å²) in [6, 6.07) is 5.99. The molecule has 1 aliphatic rings. The second-order valence-electron chi connectivity index (χ2n) is 4.53. The molecule has 0 aliphatic heterocycles. The first-order valence-corrected chi connectivity index (χ1v) is 6.43. The molecule has 1 aromatic rings. The maximum Gasteiger partial charge on any atom is 0.161 e. The van der Waals surface area contributed by atoms with E-state index in [4.69, 9.17) is 14.3 Å². The third kappa shape index (κ3) is 3.37. The summed E-state index contributed by atoms with van der Waals surface area (Å²) in [7, 11) is 3.28. The Hall–Kier alpha value is -1.26. The van der Waals surface area contributed by atoms with Crippen LogP contribution < -0.4 is 15.0 Å². The zero-order valence-corrected chi connectivity index (χ0v) is 11.1. The predicted molar refractivity (Wildman–Crippen MR) is 69.7 cm³/mol. The highest BCUT2D eigenvalue weighted by Crippen LogP contribution is 2.32. The number of ether oxygens (including phenoxy) is 2. The van der Waals surface area contributed by atoms with Crippen LogP contribution in [0.4, 0.5) is 0 Å². The standard InChI is InChI=1S/C14H21NO3/c1-16-14-9-11(10-15-17-2)7-8-13(14)18-12-5-3-4-6-12/h7-9,12,15H,3-6,10H2,1-2H3. The van der Waals surface area contributed by atoms with Crippen molar-refractivity contribution in [2.24, 2.45) is 0 Å². The summed E-state index contributed by atoms with van der Waals surface area (Å²) in [4.78, 5) is 4.84. The molecule has 1 N–H and O–H groups in total. The first-order valence-electron chi connectivity index (χ1n) is 6.43. The van der Waals surface area contributed by atoms with Gasteiger partial charge >= 0.3 is 0 Å². The van der Waals surface area contributed by atoms with E-state index in [1.807, 2.05) is 18.2 Å². The van der Waals surface area contributed by atoms with Crippen LogP contribution in [0.3, 0.4) is 0 Å². The Balaban J connectivity index is 2.04. The molecular formula is C14H21NO3. The normalized spacial score (nSPS) is 15.9. The molecule has 0 amide bonds. The van der Waals surface area contributed by atoms with Gasteiger partial charge in [-0.05, 0) is 43.4 Å². The molecule has 0 unspecified atom stereocenters. The van der Waals surface area contributed by atoms with Crippen LogP contribution in [0.1, 0.15) is 31.2 Å². The fourth-order valence-electron chi connectivity index (χ4n) is 2.26. The summed E-state index contributed by atoms with van der Waals surface area (Å²) in [5, 5.41) is 0. The summed E-state index contributed by atoms with van der Waals surface area (Å²) < 4.78 is 11.4. The molecule has 18 heavy (non-hydrogen) atoms. The molecule has 4 nitrogen and oxygen atoms in total. The van der Waals surface area contributed by atoms with Crippen molar-refractivity contribution in [1.82, 2.24) is 5.48 Å². The van der Waals surface area contributed by atoms with E-state index < -0.39 is 0 Å². The molecule has 0 bridgehead atoms. The van der Waals surface area contributed by atoms with Crippen molar-refractivity contribution in [2.45, 2.75) is 38.3 Å². The predicted octanol–water partition coefficient (Wildman–Crippen LogP) is 2.67. The minimum atomic E-state index is 0.349. The fraction of sp³-hybridized carbons (Fsp3) is 0.571. The van der Waals surface area contributed by atoms with E-state index in [0.29, 0.717) is 12.6 Å². The van der Waals surface area contributed by atoms with Crippen LogP contribution in [0.5, 0.6) is 11.5 Å². The molecule has 0 saturated heterocycles. The van der Waals surface area contributed by atoms with Crippen molar-refractivity contribution in [3.63, 3.8) is 0 Å². The number of methoxy groups -OCH3 is 1. The number of hydrogen-bond acceptors (Lipinski definition) is 4. The Labute approximate surface area is 108 Å². The molecule has 0 aromatic heterocycles. The van der Waals surface area contributed by atoms with E-state index in [-0.39, 0.29) is 0 Å². The van der Waals surface area contributed by atoms with Crippen LogP contribution in [-0.4, -0.2) is 20.3 Å². The van der Waals surface area contributed by atoms with E-state index in [1.165, 1.54) is 12.8 Å². The Morgan fingerprint density at radius 1 is 1.17 bits per heavy atom. The average molecular weight is 251 g/mol. The van der Waals surface area contributed by atoms with E-state index in [2.05, 4.69) is 5.48 Å². The highest BCUT2D eigenvalue weighted by molar-refractivity contribution is 5.43. The minimum absolute atomic E-state index is 0.349. The van der Waals surface area contributed by atoms with Gasteiger partial charge in [0.2, 0.25) is 0 Å². The van der Waals surface area contributed by atoms with E-state index in [1.54, 1.807) is 14.2 Å². The second kappa shape index (κ2) is 6.61. The van der Waals surface area contributed by atoms with Crippen LogP contribution in [-0.2, 0) is 11.4 Å². The van der Waals surface area contributed by atoms with Crippen LogP contribution in [0.25, 0.3) is 0 Å². The number of rotatable bonds is 6. The van der Waals surface area contributed by atoms with E-state index in [9.17, 15) is 0 Å². The lowest BCUT2D eigenvalue weighted by atomic mass is 10.2. The molecule has 2 rings (SSSR count). The van der Waals surface area contributed by atoms with Crippen molar-refractivity contribution >= 4 is 0 Å². The molecule has 0 radical (unpaired) electrons. The summed E-state index contributed by atoms with van der Waals surface area (Å²) in [6.07, 6.45) is 5.18. The summed E-state index contributed by atoms with van der Waals surface area (Å²) >= 11 is 0. The van der Waals surface area contributed by atoms with Gasteiger partial charge in [-0.1, -0.05) is 6.07 Å². The van der Waals surface area contributed by atoms with Gasteiger partial charge in [0.25, 0.3) is 0 Å². The quantitative estimate of drug-likeness (QED) is 0.789. The highest BCUT2D eigenvalue weighted by atomic mass is 16.6. The van der Waals surface area contributed by atoms with Gasteiger partial charge in [0, 0.05) is 6.54 Å². The zero-order chi connectivity index (χ0) is 12.8. The molecule has 100 valence electrons. The second-order valence-corrected chi connectivity index (χ2v) is 4.53. The minimum Gasteiger partial charge on any atom is -0.493 e. The molecular weight excluding hydrogens is 230 g/mol. The number of benzene rings is 1. The first kappa shape index (κ1) is 13.2. The molecule has 1 aromatic carbocycles. The first-order chi connectivity index (χ1) is 8.83. The van der Waals surface area contributed by atoms with Crippen molar-refractivity contribution in [3.05, 3.63) is 23.8 Å². The van der Waals surface area contributed by atoms with E-state index >= 15 is 0 Å². The number of hydrogen-bond donors (Lipinski definition) is 1. The molecule has 4 heteroatoms. The van der Waals surface area contributed by atoms with Crippen molar-refractivity contribution in [1.29, 1.82) is 0 Å². The van der Waals surface area contributed by atoms with Crippen molar-refractivity contribution in [2.75, 3.05) is 14.2 Å². The number of nitrogens with one attached hydrogen (secondary N) is 1. The van der Waals surface area contributed by atoms with Crippen molar-refractivity contribution < 1.29 is 14.3 Å². The van der Waals surface area contributed by atoms with Gasteiger partial charge in [0.1, 0.15) is 0 Å². The lowest BCUT2D eigenvalue weighted by Crippen LogP contribution is -2.13. The van der Waals surface area contributed by atoms with Gasteiger partial charge in [-0.15, -0.1) is 0 Å². The summed E-state index contributed by atoms with van der Waals surface area (Å²) in [5.74, 6) is 1.63. The third-order valence-electron chi connectivity index (χ3n) is 3.24. The molecule has 0 heterocycles. The maximum absolute atomic E-state index is 5.98. The largest absolute Gasteiger partial charge is 0.493 e. The zero-order valence-electron chi connectivity index (χ0n) is 11.1. The molecule has 1 saturated carbocycles. The van der Waals surface area contributed by atoms with Crippen LogP contribution in [0.15, 0.2) is 18.2 Å². The van der Waals surface area contributed by atoms with Gasteiger partial charge < -0.3 is 14.3 Å². The highest BCUT2D eigenvalue weighted by Gasteiger charge is 2.18. The monoisotopic (exact) mass is 251 g/mol. The Bertz CT molecular complexity index is 375. The lowest BCUT2D eigenvalue weighted by Gasteiger charge is -2.16. The molecule has 1 fully saturated rings. The van der Waals surface area contributed by atoms with Gasteiger partial charge in [0.05, 0.1) is 20.3 Å². The summed E-state index contributed by atoms with van der Waals surface area (Å²) in [6.45, 7) is 0.649. The van der Waals surface area contributed by atoms with Crippen molar-refractivity contribution in [3.8, 4) is 11.5 Å². The topological polar surface area (TPSA) is 39.7 Å². The van der Waals surface area contributed by atoms with Crippen LogP contribution in [0.2, 0.25) is 0 Å². The Morgan fingerprint density at radius 2 is 1.94 bits per heavy atom.